The largest absolute Gasteiger partial charge is 0.397 e. The van der Waals surface area contributed by atoms with Crippen LogP contribution >= 0.6 is 0 Å². The molecular formula is C15H19N3. The SMILES string of the molecule is CCN(Cc1ccccc1C)c1ccc(N)cn1. The van der Waals surface area contributed by atoms with Crippen LogP contribution < -0.4 is 10.6 Å². The van der Waals surface area contributed by atoms with Crippen molar-refractivity contribution in [1.82, 2.24) is 4.98 Å². The Morgan fingerprint density at radius 2 is 1.94 bits per heavy atom. The number of nitrogens with zero attached hydrogens (tertiary/aromatic N) is 2. The fraction of sp³-hybridized carbons (Fsp3) is 0.267. The lowest BCUT2D eigenvalue weighted by atomic mass is 10.1. The van der Waals surface area contributed by atoms with Crippen molar-refractivity contribution in [3.8, 4) is 0 Å². The van der Waals surface area contributed by atoms with E-state index in [1.54, 1.807) is 6.20 Å². The van der Waals surface area contributed by atoms with E-state index in [1.165, 1.54) is 11.1 Å². The number of hydrogen-bond donors (Lipinski definition) is 1. The maximum absolute atomic E-state index is 5.66. The Hall–Kier alpha value is -2.03. The van der Waals surface area contributed by atoms with Gasteiger partial charge in [0, 0.05) is 13.1 Å². The number of aryl methyl sites for hydroxylation is 1. The molecule has 0 unspecified atom stereocenters. The zero-order chi connectivity index (χ0) is 13.0. The predicted octanol–water partition coefficient (Wildman–Crippen LogP) is 3.00. The van der Waals surface area contributed by atoms with Crippen molar-refractivity contribution < 1.29 is 0 Å². The zero-order valence-electron chi connectivity index (χ0n) is 10.9. The third kappa shape index (κ3) is 2.80. The minimum atomic E-state index is 0.700. The second-order valence-electron chi connectivity index (χ2n) is 4.39. The standard InChI is InChI=1S/C15H19N3/c1-3-18(15-9-8-14(16)10-17-15)11-13-7-5-4-6-12(13)2/h4-10H,3,11,16H2,1-2H3. The minimum absolute atomic E-state index is 0.700. The molecule has 1 heterocycles. The maximum Gasteiger partial charge on any atom is 0.128 e. The van der Waals surface area contributed by atoms with Crippen molar-refractivity contribution in [2.45, 2.75) is 20.4 Å². The van der Waals surface area contributed by atoms with E-state index >= 15 is 0 Å². The van der Waals surface area contributed by atoms with Gasteiger partial charge >= 0.3 is 0 Å². The first kappa shape index (κ1) is 12.4. The average molecular weight is 241 g/mol. The van der Waals surface area contributed by atoms with Gasteiger partial charge in [-0.15, -0.1) is 0 Å². The van der Waals surface area contributed by atoms with E-state index in [0.29, 0.717) is 5.69 Å². The van der Waals surface area contributed by atoms with Crippen LogP contribution in [0.3, 0.4) is 0 Å². The number of nitrogens with two attached hydrogens (primary N) is 1. The number of aromatic nitrogens is 1. The Kier molecular flexibility index (Phi) is 3.82. The molecule has 94 valence electrons. The minimum Gasteiger partial charge on any atom is -0.397 e. The van der Waals surface area contributed by atoms with Crippen LogP contribution in [0.5, 0.6) is 0 Å². The molecule has 1 aromatic heterocycles. The molecule has 0 aliphatic rings. The second kappa shape index (κ2) is 5.54. The molecule has 0 aliphatic heterocycles. The average Bonchev–Trinajstić information content (AvgIpc) is 2.39. The highest BCUT2D eigenvalue weighted by Crippen LogP contribution is 2.17. The summed E-state index contributed by atoms with van der Waals surface area (Å²) in [6.45, 7) is 6.07. The topological polar surface area (TPSA) is 42.1 Å². The van der Waals surface area contributed by atoms with E-state index in [2.05, 4.69) is 48.0 Å². The summed E-state index contributed by atoms with van der Waals surface area (Å²) in [5.41, 5.74) is 9.01. The molecule has 3 nitrogen and oxygen atoms in total. The summed E-state index contributed by atoms with van der Waals surface area (Å²) in [6, 6.07) is 12.3. The van der Waals surface area contributed by atoms with Gasteiger partial charge in [-0.1, -0.05) is 24.3 Å². The van der Waals surface area contributed by atoms with Crippen molar-refractivity contribution >= 4 is 11.5 Å². The van der Waals surface area contributed by atoms with E-state index < -0.39 is 0 Å². The number of hydrogen-bond acceptors (Lipinski definition) is 3. The van der Waals surface area contributed by atoms with Crippen LogP contribution in [0.25, 0.3) is 0 Å². The fourth-order valence-corrected chi connectivity index (χ4v) is 1.93. The van der Waals surface area contributed by atoms with Crippen LogP contribution in [0.1, 0.15) is 18.1 Å². The first-order valence-electron chi connectivity index (χ1n) is 6.21. The van der Waals surface area contributed by atoms with Gasteiger partial charge < -0.3 is 10.6 Å². The summed E-state index contributed by atoms with van der Waals surface area (Å²) in [4.78, 5) is 6.61. The normalized spacial score (nSPS) is 10.3. The summed E-state index contributed by atoms with van der Waals surface area (Å²) >= 11 is 0. The van der Waals surface area contributed by atoms with E-state index in [0.717, 1.165) is 18.9 Å². The molecule has 0 bridgehead atoms. The predicted molar refractivity (Wildman–Crippen MR) is 76.6 cm³/mol. The van der Waals surface area contributed by atoms with Gasteiger partial charge in [0.15, 0.2) is 0 Å². The molecule has 0 atom stereocenters. The third-order valence-electron chi connectivity index (χ3n) is 3.10. The van der Waals surface area contributed by atoms with Crippen molar-refractivity contribution in [3.05, 3.63) is 53.7 Å². The van der Waals surface area contributed by atoms with E-state index in [-0.39, 0.29) is 0 Å². The van der Waals surface area contributed by atoms with Gasteiger partial charge in [-0.05, 0) is 37.1 Å². The number of pyridine rings is 1. The van der Waals surface area contributed by atoms with Gasteiger partial charge in [0.05, 0.1) is 11.9 Å². The molecule has 18 heavy (non-hydrogen) atoms. The monoisotopic (exact) mass is 241 g/mol. The molecular weight excluding hydrogens is 222 g/mol. The Bertz CT molecular complexity index is 505. The molecule has 0 aliphatic carbocycles. The summed E-state index contributed by atoms with van der Waals surface area (Å²) in [7, 11) is 0. The Balaban J connectivity index is 2.20. The van der Waals surface area contributed by atoms with Crippen molar-refractivity contribution in [2.75, 3.05) is 17.2 Å². The van der Waals surface area contributed by atoms with Crippen LogP contribution in [0.15, 0.2) is 42.6 Å². The Labute approximate surface area is 108 Å². The second-order valence-corrected chi connectivity index (χ2v) is 4.39. The summed E-state index contributed by atoms with van der Waals surface area (Å²) in [6.07, 6.45) is 1.70. The van der Waals surface area contributed by atoms with Crippen LogP contribution in [-0.2, 0) is 6.54 Å². The highest BCUT2D eigenvalue weighted by atomic mass is 15.2. The van der Waals surface area contributed by atoms with Gasteiger partial charge in [-0.25, -0.2) is 4.98 Å². The maximum atomic E-state index is 5.66. The quantitative estimate of drug-likeness (QED) is 0.894. The van der Waals surface area contributed by atoms with Crippen LogP contribution in [0, 0.1) is 6.92 Å². The van der Waals surface area contributed by atoms with Gasteiger partial charge in [0.25, 0.3) is 0 Å². The van der Waals surface area contributed by atoms with Crippen molar-refractivity contribution in [3.63, 3.8) is 0 Å². The van der Waals surface area contributed by atoms with Gasteiger partial charge in [-0.2, -0.15) is 0 Å². The summed E-state index contributed by atoms with van der Waals surface area (Å²) < 4.78 is 0. The summed E-state index contributed by atoms with van der Waals surface area (Å²) in [5.74, 6) is 0.968. The third-order valence-corrected chi connectivity index (χ3v) is 3.10. The molecule has 0 fully saturated rings. The Morgan fingerprint density at radius 3 is 2.56 bits per heavy atom. The van der Waals surface area contributed by atoms with Crippen LogP contribution in [0.4, 0.5) is 11.5 Å². The zero-order valence-corrected chi connectivity index (χ0v) is 10.9. The molecule has 2 aromatic rings. The van der Waals surface area contributed by atoms with E-state index in [9.17, 15) is 0 Å². The Morgan fingerprint density at radius 1 is 1.17 bits per heavy atom. The van der Waals surface area contributed by atoms with Gasteiger partial charge in [-0.3, -0.25) is 0 Å². The molecule has 2 rings (SSSR count). The van der Waals surface area contributed by atoms with E-state index in [1.807, 2.05) is 12.1 Å². The molecule has 0 radical (unpaired) electrons. The highest BCUT2D eigenvalue weighted by Gasteiger charge is 2.07. The van der Waals surface area contributed by atoms with Gasteiger partial charge in [0.1, 0.15) is 5.82 Å². The molecule has 1 aromatic carbocycles. The smallest absolute Gasteiger partial charge is 0.128 e. The lowest BCUT2D eigenvalue weighted by Gasteiger charge is -2.23. The fourth-order valence-electron chi connectivity index (χ4n) is 1.93. The molecule has 3 heteroatoms. The van der Waals surface area contributed by atoms with E-state index in [4.69, 9.17) is 5.73 Å². The number of benzene rings is 1. The van der Waals surface area contributed by atoms with Gasteiger partial charge in [0.2, 0.25) is 0 Å². The first-order chi connectivity index (χ1) is 8.70. The first-order valence-corrected chi connectivity index (χ1v) is 6.21. The van der Waals surface area contributed by atoms with Crippen LogP contribution in [0.2, 0.25) is 0 Å². The van der Waals surface area contributed by atoms with Crippen LogP contribution in [-0.4, -0.2) is 11.5 Å². The molecule has 0 amide bonds. The van der Waals surface area contributed by atoms with Crippen molar-refractivity contribution in [1.29, 1.82) is 0 Å². The highest BCUT2D eigenvalue weighted by molar-refractivity contribution is 5.46. The molecule has 0 saturated carbocycles. The lowest BCUT2D eigenvalue weighted by Crippen LogP contribution is -2.23. The number of rotatable bonds is 4. The molecule has 0 spiro atoms. The summed E-state index contributed by atoms with van der Waals surface area (Å²) in [5, 5.41) is 0. The number of nitrogen functional groups attached to an aromatic ring is 1. The molecule has 2 N–H and O–H groups in total. The number of anilines is 2. The lowest BCUT2D eigenvalue weighted by molar-refractivity contribution is 0.810. The van der Waals surface area contributed by atoms with Crippen molar-refractivity contribution in [2.24, 2.45) is 0 Å². The molecule has 0 saturated heterocycles.